The molecule has 192 valence electrons. The van der Waals surface area contributed by atoms with Gasteiger partial charge in [0, 0.05) is 28.5 Å². The van der Waals surface area contributed by atoms with Crippen molar-refractivity contribution >= 4 is 32.7 Å². The van der Waals surface area contributed by atoms with Gasteiger partial charge in [-0.1, -0.05) is 33.3 Å². The number of amides is 1. The van der Waals surface area contributed by atoms with Gasteiger partial charge in [0.2, 0.25) is 0 Å². The van der Waals surface area contributed by atoms with Crippen LogP contribution in [0.15, 0.2) is 77.4 Å². The summed E-state index contributed by atoms with van der Waals surface area (Å²) in [6, 6.07) is 21.5. The van der Waals surface area contributed by atoms with Crippen LogP contribution >= 0.6 is 15.9 Å². The number of benzene rings is 3. The van der Waals surface area contributed by atoms with Gasteiger partial charge in [0.15, 0.2) is 0 Å². The van der Waals surface area contributed by atoms with Crippen LogP contribution in [0.1, 0.15) is 15.9 Å². The molecule has 6 rings (SSSR count). The smallest absolute Gasteiger partial charge is 0.254 e. The lowest BCUT2D eigenvalue weighted by Crippen LogP contribution is -2.40. The fraction of sp³-hybridized carbons (Fsp3) is 0.214. The SMILES string of the molecule is COc1ccc(Cn2nc(-c3cn(-c4ccc(C(=O)N5CCOCC5)cc4)nn3)c3cc(Br)ccc32)cc1. The molecule has 0 unspecified atom stereocenters. The van der Waals surface area contributed by atoms with Gasteiger partial charge in [-0.3, -0.25) is 9.48 Å². The van der Waals surface area contributed by atoms with Crippen LogP contribution in [0.2, 0.25) is 0 Å². The maximum atomic E-state index is 12.8. The molecule has 3 aromatic carbocycles. The van der Waals surface area contributed by atoms with Gasteiger partial charge in [0.25, 0.3) is 5.91 Å². The van der Waals surface area contributed by atoms with E-state index in [-0.39, 0.29) is 5.91 Å². The number of hydrogen-bond donors (Lipinski definition) is 0. The van der Waals surface area contributed by atoms with Gasteiger partial charge in [0.05, 0.1) is 44.3 Å². The van der Waals surface area contributed by atoms with Gasteiger partial charge in [-0.05, 0) is 60.2 Å². The predicted molar refractivity (Wildman–Crippen MR) is 147 cm³/mol. The molecule has 0 atom stereocenters. The highest BCUT2D eigenvalue weighted by atomic mass is 79.9. The van der Waals surface area contributed by atoms with Crippen LogP contribution in [0, 0.1) is 0 Å². The van der Waals surface area contributed by atoms with E-state index in [0.717, 1.165) is 38.1 Å². The van der Waals surface area contributed by atoms with Crippen LogP contribution in [0.4, 0.5) is 0 Å². The molecule has 2 aromatic heterocycles. The Balaban J connectivity index is 1.28. The van der Waals surface area contributed by atoms with Crippen LogP contribution in [0.3, 0.4) is 0 Å². The van der Waals surface area contributed by atoms with Crippen LogP contribution in [-0.2, 0) is 11.3 Å². The van der Waals surface area contributed by atoms with E-state index in [0.29, 0.717) is 44.1 Å². The average Bonchev–Trinajstić information content (AvgIpc) is 3.59. The van der Waals surface area contributed by atoms with Crippen LogP contribution in [0.5, 0.6) is 5.75 Å². The summed E-state index contributed by atoms with van der Waals surface area (Å²) in [5.74, 6) is 0.831. The molecule has 0 aliphatic carbocycles. The Bertz CT molecular complexity index is 1590. The van der Waals surface area contributed by atoms with Crippen molar-refractivity contribution in [1.82, 2.24) is 29.7 Å². The third-order valence-electron chi connectivity index (χ3n) is 6.62. The van der Waals surface area contributed by atoms with Crippen molar-refractivity contribution in [2.45, 2.75) is 6.54 Å². The zero-order valence-corrected chi connectivity index (χ0v) is 22.3. The first kappa shape index (κ1) is 24.3. The highest BCUT2D eigenvalue weighted by Gasteiger charge is 2.19. The van der Waals surface area contributed by atoms with Gasteiger partial charge >= 0.3 is 0 Å². The summed E-state index contributed by atoms with van der Waals surface area (Å²) in [5.41, 5.74) is 4.98. The average molecular weight is 573 g/mol. The summed E-state index contributed by atoms with van der Waals surface area (Å²) < 4.78 is 15.3. The number of halogens is 1. The number of rotatable bonds is 6. The molecule has 9 nitrogen and oxygen atoms in total. The van der Waals surface area contributed by atoms with E-state index in [9.17, 15) is 4.79 Å². The molecule has 0 spiro atoms. The van der Waals surface area contributed by atoms with Gasteiger partial charge < -0.3 is 14.4 Å². The van der Waals surface area contributed by atoms with Gasteiger partial charge in [-0.15, -0.1) is 5.10 Å². The van der Waals surface area contributed by atoms with Crippen LogP contribution in [0.25, 0.3) is 28.0 Å². The minimum Gasteiger partial charge on any atom is -0.497 e. The number of ether oxygens (including phenoxy) is 2. The quantitative estimate of drug-likeness (QED) is 0.296. The number of fused-ring (bicyclic) bond motifs is 1. The maximum Gasteiger partial charge on any atom is 0.254 e. The molecule has 0 saturated carbocycles. The molecular formula is C28H25BrN6O3. The van der Waals surface area contributed by atoms with Gasteiger partial charge in [0.1, 0.15) is 17.1 Å². The maximum absolute atomic E-state index is 12.8. The summed E-state index contributed by atoms with van der Waals surface area (Å²) in [5, 5.41) is 14.7. The van der Waals surface area contributed by atoms with E-state index in [2.05, 4.69) is 26.2 Å². The normalized spacial score (nSPS) is 13.7. The van der Waals surface area contributed by atoms with Crippen molar-refractivity contribution in [3.8, 4) is 22.8 Å². The monoisotopic (exact) mass is 572 g/mol. The molecule has 1 fully saturated rings. The van der Waals surface area contributed by atoms with E-state index in [1.807, 2.05) is 82.5 Å². The first-order valence-corrected chi connectivity index (χ1v) is 13.1. The van der Waals surface area contributed by atoms with Crippen molar-refractivity contribution in [2.75, 3.05) is 33.4 Å². The fourth-order valence-electron chi connectivity index (χ4n) is 4.57. The molecule has 3 heterocycles. The second-order valence-electron chi connectivity index (χ2n) is 9.02. The predicted octanol–water partition coefficient (Wildman–Crippen LogP) is 4.58. The fourth-order valence-corrected chi connectivity index (χ4v) is 4.93. The molecule has 10 heteroatoms. The van der Waals surface area contributed by atoms with E-state index in [1.54, 1.807) is 11.8 Å². The second-order valence-corrected chi connectivity index (χ2v) is 9.93. The molecule has 0 N–H and O–H groups in total. The Hall–Kier alpha value is -4.02. The van der Waals surface area contributed by atoms with Crippen molar-refractivity contribution in [3.05, 3.63) is 88.5 Å². The van der Waals surface area contributed by atoms with Gasteiger partial charge in [-0.2, -0.15) is 5.10 Å². The number of nitrogens with zero attached hydrogens (tertiary/aromatic N) is 6. The standard InChI is InChI=1S/C28H25BrN6O3/c1-37-23-9-2-19(3-10-23)17-35-26-11-6-21(29)16-24(26)27(31-35)25-18-34(32-30-25)22-7-4-20(5-8-22)28(36)33-12-14-38-15-13-33/h2-11,16,18H,12-15,17H2,1H3. The molecule has 5 aromatic rings. The van der Waals surface area contributed by atoms with E-state index in [1.165, 1.54) is 0 Å². The number of carbonyl (C=O) groups is 1. The molecular weight excluding hydrogens is 548 g/mol. The first-order chi connectivity index (χ1) is 18.6. The second kappa shape index (κ2) is 10.4. The number of carbonyl (C=O) groups excluding carboxylic acids is 1. The summed E-state index contributed by atoms with van der Waals surface area (Å²) >= 11 is 3.59. The summed E-state index contributed by atoms with van der Waals surface area (Å²) in [6.07, 6.45) is 1.86. The molecule has 0 bridgehead atoms. The Morgan fingerprint density at radius 1 is 1.03 bits per heavy atom. The van der Waals surface area contributed by atoms with Crippen LogP contribution in [-0.4, -0.2) is 69.0 Å². The molecule has 38 heavy (non-hydrogen) atoms. The molecule has 0 radical (unpaired) electrons. The molecule has 1 aliphatic heterocycles. The topological polar surface area (TPSA) is 87.3 Å². The largest absolute Gasteiger partial charge is 0.497 e. The molecule has 1 saturated heterocycles. The summed E-state index contributed by atoms with van der Waals surface area (Å²) in [4.78, 5) is 14.6. The van der Waals surface area contributed by atoms with E-state index in [4.69, 9.17) is 14.6 Å². The Morgan fingerprint density at radius 2 is 1.79 bits per heavy atom. The third kappa shape index (κ3) is 4.80. The highest BCUT2D eigenvalue weighted by molar-refractivity contribution is 9.10. The van der Waals surface area contributed by atoms with Crippen molar-refractivity contribution in [1.29, 1.82) is 0 Å². The zero-order valence-electron chi connectivity index (χ0n) is 20.7. The summed E-state index contributed by atoms with van der Waals surface area (Å²) in [7, 11) is 1.66. The molecule has 1 amide bonds. The lowest BCUT2D eigenvalue weighted by molar-refractivity contribution is 0.0303. The summed E-state index contributed by atoms with van der Waals surface area (Å²) in [6.45, 7) is 2.98. The highest BCUT2D eigenvalue weighted by Crippen LogP contribution is 2.30. The number of aromatic nitrogens is 5. The lowest BCUT2D eigenvalue weighted by Gasteiger charge is -2.26. The lowest BCUT2D eigenvalue weighted by atomic mass is 10.1. The number of morpholine rings is 1. The number of hydrogen-bond acceptors (Lipinski definition) is 6. The number of methoxy groups -OCH3 is 1. The van der Waals surface area contributed by atoms with E-state index >= 15 is 0 Å². The Kier molecular flexibility index (Phi) is 6.65. The van der Waals surface area contributed by atoms with Gasteiger partial charge in [-0.25, -0.2) is 4.68 Å². The van der Waals surface area contributed by atoms with E-state index < -0.39 is 0 Å². The zero-order chi connectivity index (χ0) is 26.1. The minimum absolute atomic E-state index is 0.0126. The minimum atomic E-state index is 0.0126. The Labute approximate surface area is 227 Å². The first-order valence-electron chi connectivity index (χ1n) is 12.3. The van der Waals surface area contributed by atoms with Crippen LogP contribution < -0.4 is 4.74 Å². The van der Waals surface area contributed by atoms with Crippen molar-refractivity contribution < 1.29 is 14.3 Å². The molecule has 1 aliphatic rings. The van der Waals surface area contributed by atoms with Crippen molar-refractivity contribution in [3.63, 3.8) is 0 Å². The Morgan fingerprint density at radius 3 is 2.53 bits per heavy atom. The van der Waals surface area contributed by atoms with Crippen molar-refractivity contribution in [2.24, 2.45) is 0 Å². The third-order valence-corrected chi connectivity index (χ3v) is 7.11.